The number of likely N-dealkylation sites (tertiary alicyclic amines) is 1. The van der Waals surface area contributed by atoms with E-state index in [0.717, 1.165) is 23.4 Å². The van der Waals surface area contributed by atoms with Gasteiger partial charge in [0.15, 0.2) is 0 Å². The maximum atomic E-state index is 12.6. The molecule has 4 rings (SSSR count). The topological polar surface area (TPSA) is 44.4 Å². The first-order valence-electron chi connectivity index (χ1n) is 11.1. The molecule has 1 fully saturated rings. The van der Waals surface area contributed by atoms with Crippen LogP contribution >= 0.6 is 0 Å². The minimum Gasteiger partial charge on any atom is -0.325 e. The largest absolute Gasteiger partial charge is 0.325 e. The lowest BCUT2D eigenvalue weighted by Crippen LogP contribution is -2.32. The van der Waals surface area contributed by atoms with Crippen molar-refractivity contribution in [1.82, 2.24) is 10.2 Å². The summed E-state index contributed by atoms with van der Waals surface area (Å²) in [5, 5.41) is 6.45. The average molecular weight is 414 g/mol. The molecule has 1 aliphatic rings. The van der Waals surface area contributed by atoms with Crippen LogP contribution in [0.25, 0.3) is 0 Å². The Morgan fingerprint density at radius 1 is 0.871 bits per heavy atom. The van der Waals surface area contributed by atoms with Crippen molar-refractivity contribution in [3.05, 3.63) is 101 Å². The van der Waals surface area contributed by atoms with Crippen LogP contribution in [0.2, 0.25) is 0 Å². The molecule has 0 saturated carbocycles. The van der Waals surface area contributed by atoms with Gasteiger partial charge in [-0.05, 0) is 61.7 Å². The quantitative estimate of drug-likeness (QED) is 0.552. The van der Waals surface area contributed by atoms with Gasteiger partial charge in [0.2, 0.25) is 5.91 Å². The summed E-state index contributed by atoms with van der Waals surface area (Å²) >= 11 is 0. The third-order valence-electron chi connectivity index (χ3n) is 5.85. The molecule has 0 radical (unpaired) electrons. The lowest BCUT2D eigenvalue weighted by Gasteiger charge is -2.20. The van der Waals surface area contributed by atoms with Crippen molar-refractivity contribution < 1.29 is 4.79 Å². The number of hydrogen-bond donors (Lipinski definition) is 2. The van der Waals surface area contributed by atoms with Crippen molar-refractivity contribution >= 4 is 11.6 Å². The molecule has 3 aromatic carbocycles. The number of carbonyl (C=O) groups excluding carboxylic acids is 1. The van der Waals surface area contributed by atoms with E-state index in [9.17, 15) is 4.79 Å². The fourth-order valence-corrected chi connectivity index (χ4v) is 4.12. The molecule has 0 aliphatic carbocycles. The molecule has 1 aliphatic heterocycles. The summed E-state index contributed by atoms with van der Waals surface area (Å²) in [6.45, 7) is 5.69. The molecule has 1 saturated heterocycles. The van der Waals surface area contributed by atoms with E-state index in [2.05, 4.69) is 71.0 Å². The summed E-state index contributed by atoms with van der Waals surface area (Å²) in [6.07, 6.45) is 2.60. The molecule has 3 aromatic rings. The highest BCUT2D eigenvalue weighted by Gasteiger charge is 2.15. The molecule has 1 amide bonds. The molecule has 31 heavy (non-hydrogen) atoms. The van der Waals surface area contributed by atoms with Gasteiger partial charge in [0.1, 0.15) is 0 Å². The highest BCUT2D eigenvalue weighted by molar-refractivity contribution is 5.92. The first kappa shape index (κ1) is 21.3. The molecular formula is C27H31N3O. The molecule has 1 atom stereocenters. The van der Waals surface area contributed by atoms with Gasteiger partial charge in [0.05, 0.1) is 12.6 Å². The molecule has 2 N–H and O–H groups in total. The fraction of sp³-hybridized carbons (Fsp3) is 0.296. The van der Waals surface area contributed by atoms with Crippen LogP contribution in [0.3, 0.4) is 0 Å². The minimum absolute atomic E-state index is 0.0320. The van der Waals surface area contributed by atoms with Crippen LogP contribution in [0.1, 0.15) is 41.1 Å². The molecule has 0 bridgehead atoms. The third-order valence-corrected chi connectivity index (χ3v) is 5.85. The van der Waals surface area contributed by atoms with Crippen molar-refractivity contribution in [3.63, 3.8) is 0 Å². The predicted octanol–water partition coefficient (Wildman–Crippen LogP) is 4.91. The van der Waals surface area contributed by atoms with Crippen LogP contribution in [-0.2, 0) is 11.3 Å². The van der Waals surface area contributed by atoms with Crippen LogP contribution in [0, 0.1) is 6.92 Å². The van der Waals surface area contributed by atoms with E-state index in [4.69, 9.17) is 0 Å². The van der Waals surface area contributed by atoms with Crippen molar-refractivity contribution in [1.29, 1.82) is 0 Å². The Bertz CT molecular complexity index is 962. The average Bonchev–Trinajstić information content (AvgIpc) is 3.30. The Labute approximate surface area is 185 Å². The Hall–Kier alpha value is -2.95. The third kappa shape index (κ3) is 6.03. The number of amides is 1. The van der Waals surface area contributed by atoms with Gasteiger partial charge in [-0.1, -0.05) is 72.3 Å². The van der Waals surface area contributed by atoms with Crippen LogP contribution in [0.4, 0.5) is 5.69 Å². The zero-order chi connectivity index (χ0) is 21.5. The number of hydrogen-bond acceptors (Lipinski definition) is 3. The van der Waals surface area contributed by atoms with E-state index in [1.807, 2.05) is 30.3 Å². The van der Waals surface area contributed by atoms with Crippen LogP contribution in [-0.4, -0.2) is 30.4 Å². The summed E-state index contributed by atoms with van der Waals surface area (Å²) in [5.74, 6) is -0.0414. The Morgan fingerprint density at radius 2 is 1.52 bits per heavy atom. The van der Waals surface area contributed by atoms with Gasteiger partial charge in [0.25, 0.3) is 0 Å². The molecule has 160 valence electrons. The molecule has 0 unspecified atom stereocenters. The molecule has 1 heterocycles. The van der Waals surface area contributed by atoms with Crippen molar-refractivity contribution in [2.75, 3.05) is 25.0 Å². The standard InChI is InChI=1S/C27H31N3O/c1-21-9-13-24(14-10-21)27(23-7-3-2-4-8-23)28-19-26(31)29-25-15-11-22(12-16-25)20-30-17-5-6-18-30/h2-4,7-16,27-28H,5-6,17-20H2,1H3,(H,29,31)/t27-/m0/s1. The predicted molar refractivity (Wildman–Crippen MR) is 127 cm³/mol. The van der Waals surface area contributed by atoms with Gasteiger partial charge in [0, 0.05) is 12.2 Å². The van der Waals surface area contributed by atoms with Crippen LogP contribution < -0.4 is 10.6 Å². The normalized spacial score (nSPS) is 15.0. The number of benzene rings is 3. The first-order chi connectivity index (χ1) is 15.2. The Balaban J connectivity index is 1.35. The number of nitrogens with zero attached hydrogens (tertiary/aromatic N) is 1. The van der Waals surface area contributed by atoms with E-state index >= 15 is 0 Å². The van der Waals surface area contributed by atoms with Crippen LogP contribution in [0.15, 0.2) is 78.9 Å². The number of nitrogens with one attached hydrogen (secondary N) is 2. The van der Waals surface area contributed by atoms with Gasteiger partial charge in [-0.3, -0.25) is 15.0 Å². The second kappa shape index (κ2) is 10.4. The first-order valence-corrected chi connectivity index (χ1v) is 11.1. The highest BCUT2D eigenvalue weighted by atomic mass is 16.1. The molecule has 0 aromatic heterocycles. The van der Waals surface area contributed by atoms with Crippen molar-refractivity contribution in [2.45, 2.75) is 32.4 Å². The summed E-state index contributed by atoms with van der Waals surface area (Å²) in [4.78, 5) is 15.1. The molecule has 4 heteroatoms. The van der Waals surface area contributed by atoms with E-state index in [1.54, 1.807) is 0 Å². The van der Waals surface area contributed by atoms with E-state index in [0.29, 0.717) is 0 Å². The van der Waals surface area contributed by atoms with E-state index in [1.165, 1.54) is 37.1 Å². The maximum Gasteiger partial charge on any atom is 0.238 e. The smallest absolute Gasteiger partial charge is 0.238 e. The maximum absolute atomic E-state index is 12.6. The number of carbonyl (C=O) groups is 1. The minimum atomic E-state index is -0.0414. The zero-order valence-electron chi connectivity index (χ0n) is 18.2. The summed E-state index contributed by atoms with van der Waals surface area (Å²) in [5.41, 5.74) is 5.65. The fourth-order valence-electron chi connectivity index (χ4n) is 4.12. The monoisotopic (exact) mass is 413 g/mol. The number of aryl methyl sites for hydroxylation is 1. The second-order valence-corrected chi connectivity index (χ2v) is 8.36. The zero-order valence-corrected chi connectivity index (χ0v) is 18.2. The van der Waals surface area contributed by atoms with Gasteiger partial charge in [-0.15, -0.1) is 0 Å². The van der Waals surface area contributed by atoms with Crippen molar-refractivity contribution in [3.8, 4) is 0 Å². The summed E-state index contributed by atoms with van der Waals surface area (Å²) in [7, 11) is 0. The SMILES string of the molecule is Cc1ccc([C@@H](NCC(=O)Nc2ccc(CN3CCCC3)cc2)c2ccccc2)cc1. The lowest BCUT2D eigenvalue weighted by molar-refractivity contribution is -0.115. The van der Waals surface area contributed by atoms with Gasteiger partial charge >= 0.3 is 0 Å². The molecule has 0 spiro atoms. The van der Waals surface area contributed by atoms with Crippen LogP contribution in [0.5, 0.6) is 0 Å². The van der Waals surface area contributed by atoms with E-state index < -0.39 is 0 Å². The van der Waals surface area contributed by atoms with Gasteiger partial charge in [-0.25, -0.2) is 0 Å². The summed E-state index contributed by atoms with van der Waals surface area (Å²) < 4.78 is 0. The van der Waals surface area contributed by atoms with Crippen molar-refractivity contribution in [2.24, 2.45) is 0 Å². The number of anilines is 1. The Kier molecular flexibility index (Phi) is 7.13. The number of rotatable bonds is 8. The molecular weight excluding hydrogens is 382 g/mol. The second-order valence-electron chi connectivity index (χ2n) is 8.36. The lowest BCUT2D eigenvalue weighted by atomic mass is 9.98. The van der Waals surface area contributed by atoms with Gasteiger partial charge in [-0.2, -0.15) is 0 Å². The van der Waals surface area contributed by atoms with Gasteiger partial charge < -0.3 is 5.32 Å². The highest BCUT2D eigenvalue weighted by Crippen LogP contribution is 2.22. The van der Waals surface area contributed by atoms with E-state index in [-0.39, 0.29) is 18.5 Å². The molecule has 4 nitrogen and oxygen atoms in total. The Morgan fingerprint density at radius 3 is 2.19 bits per heavy atom. The summed E-state index contributed by atoms with van der Waals surface area (Å²) in [6, 6.07) is 26.9.